The Morgan fingerprint density at radius 2 is 2.15 bits per heavy atom. The molecule has 0 aliphatic carbocycles. The number of nitrogens with zero attached hydrogens (tertiary/aromatic N) is 1. The van der Waals surface area contributed by atoms with Crippen molar-refractivity contribution >= 4 is 5.91 Å². The molecular weight excluding hydrogens is 168 g/mol. The summed E-state index contributed by atoms with van der Waals surface area (Å²) in [6, 6.07) is 0.278. The lowest BCUT2D eigenvalue weighted by molar-refractivity contribution is -0.128. The van der Waals surface area contributed by atoms with Crippen molar-refractivity contribution < 1.29 is 9.90 Å². The quantitative estimate of drug-likeness (QED) is 0.608. The molecule has 1 atom stereocenters. The molecule has 0 aliphatic heterocycles. The smallest absolute Gasteiger partial charge is 0.223 e. The molecule has 4 nitrogen and oxygen atoms in total. The molecular formula is C9H20N2O2. The number of aliphatic hydroxyl groups is 1. The number of carbonyl (C=O) groups excluding carboxylic acids is 1. The molecule has 78 valence electrons. The van der Waals surface area contributed by atoms with Crippen molar-refractivity contribution in [2.45, 2.75) is 25.8 Å². The van der Waals surface area contributed by atoms with Crippen LogP contribution in [-0.4, -0.2) is 49.2 Å². The van der Waals surface area contributed by atoms with Crippen LogP contribution in [0.3, 0.4) is 0 Å². The van der Waals surface area contributed by atoms with E-state index < -0.39 is 0 Å². The Labute approximate surface area is 79.9 Å². The summed E-state index contributed by atoms with van der Waals surface area (Å²) in [5.41, 5.74) is 0. The van der Waals surface area contributed by atoms with Gasteiger partial charge in [0.25, 0.3) is 0 Å². The Balaban J connectivity index is 3.39. The molecule has 1 amide bonds. The van der Waals surface area contributed by atoms with Gasteiger partial charge >= 0.3 is 0 Å². The van der Waals surface area contributed by atoms with Crippen LogP contribution >= 0.6 is 0 Å². The minimum atomic E-state index is 0.128. The average Bonchev–Trinajstić information content (AvgIpc) is 2.04. The molecule has 0 rings (SSSR count). The van der Waals surface area contributed by atoms with E-state index in [1.165, 1.54) is 0 Å². The van der Waals surface area contributed by atoms with Crippen LogP contribution in [0, 0.1) is 0 Å². The summed E-state index contributed by atoms with van der Waals surface area (Å²) in [4.78, 5) is 12.7. The van der Waals surface area contributed by atoms with E-state index in [0.717, 1.165) is 6.42 Å². The molecule has 0 fully saturated rings. The van der Waals surface area contributed by atoms with Gasteiger partial charge in [-0.05, 0) is 13.3 Å². The van der Waals surface area contributed by atoms with E-state index in [2.05, 4.69) is 5.32 Å². The van der Waals surface area contributed by atoms with Crippen LogP contribution in [0.15, 0.2) is 0 Å². The molecule has 13 heavy (non-hydrogen) atoms. The van der Waals surface area contributed by atoms with E-state index in [-0.39, 0.29) is 18.6 Å². The molecule has 0 heterocycles. The standard InChI is InChI=1S/C9H20N2O2/c1-8(5-7-12)10-6-4-9(13)11(2)3/h8,10,12H,4-7H2,1-3H3. The highest BCUT2D eigenvalue weighted by atomic mass is 16.3. The maximum absolute atomic E-state index is 11.1. The van der Waals surface area contributed by atoms with Crippen molar-refractivity contribution in [3.63, 3.8) is 0 Å². The van der Waals surface area contributed by atoms with Gasteiger partial charge in [-0.25, -0.2) is 0 Å². The third-order valence-electron chi connectivity index (χ3n) is 1.89. The van der Waals surface area contributed by atoms with Crippen molar-refractivity contribution in [2.24, 2.45) is 0 Å². The SMILES string of the molecule is CC(CCO)NCCC(=O)N(C)C. The fourth-order valence-corrected chi connectivity index (χ4v) is 0.945. The van der Waals surface area contributed by atoms with E-state index in [4.69, 9.17) is 5.11 Å². The van der Waals surface area contributed by atoms with Crippen LogP contribution in [-0.2, 0) is 4.79 Å². The summed E-state index contributed by atoms with van der Waals surface area (Å²) in [6.07, 6.45) is 1.25. The number of aliphatic hydroxyl groups excluding tert-OH is 1. The minimum absolute atomic E-state index is 0.128. The molecule has 0 saturated heterocycles. The number of hydrogen-bond donors (Lipinski definition) is 2. The van der Waals surface area contributed by atoms with E-state index >= 15 is 0 Å². The molecule has 2 N–H and O–H groups in total. The van der Waals surface area contributed by atoms with E-state index in [1.54, 1.807) is 19.0 Å². The summed E-state index contributed by atoms with van der Waals surface area (Å²) in [5, 5.41) is 11.8. The van der Waals surface area contributed by atoms with Gasteiger partial charge < -0.3 is 15.3 Å². The largest absolute Gasteiger partial charge is 0.396 e. The van der Waals surface area contributed by atoms with Crippen molar-refractivity contribution in [3.05, 3.63) is 0 Å². The highest BCUT2D eigenvalue weighted by Gasteiger charge is 2.04. The molecule has 4 heteroatoms. The normalized spacial score (nSPS) is 12.6. The van der Waals surface area contributed by atoms with Gasteiger partial charge in [0.1, 0.15) is 0 Å². The first-order valence-electron chi connectivity index (χ1n) is 4.62. The van der Waals surface area contributed by atoms with E-state index in [0.29, 0.717) is 13.0 Å². The zero-order valence-corrected chi connectivity index (χ0v) is 8.71. The van der Waals surface area contributed by atoms with Gasteiger partial charge in [-0.2, -0.15) is 0 Å². The number of nitrogens with one attached hydrogen (secondary N) is 1. The number of amides is 1. The third kappa shape index (κ3) is 6.54. The van der Waals surface area contributed by atoms with Crippen molar-refractivity contribution in [2.75, 3.05) is 27.2 Å². The van der Waals surface area contributed by atoms with Crippen LogP contribution in [0.2, 0.25) is 0 Å². The lowest BCUT2D eigenvalue weighted by atomic mass is 10.2. The maximum Gasteiger partial charge on any atom is 0.223 e. The van der Waals surface area contributed by atoms with E-state index in [1.807, 2.05) is 6.92 Å². The summed E-state index contributed by atoms with van der Waals surface area (Å²) < 4.78 is 0. The summed E-state index contributed by atoms with van der Waals surface area (Å²) >= 11 is 0. The predicted molar refractivity (Wildman–Crippen MR) is 52.5 cm³/mol. The Kier molecular flexibility index (Phi) is 6.54. The van der Waals surface area contributed by atoms with Gasteiger partial charge in [0.05, 0.1) is 0 Å². The molecule has 0 aromatic carbocycles. The van der Waals surface area contributed by atoms with Crippen molar-refractivity contribution in [3.8, 4) is 0 Å². The van der Waals surface area contributed by atoms with Crippen molar-refractivity contribution in [1.82, 2.24) is 10.2 Å². The molecule has 0 radical (unpaired) electrons. The zero-order chi connectivity index (χ0) is 10.3. The summed E-state index contributed by atoms with van der Waals surface area (Å²) in [7, 11) is 3.50. The molecule has 0 saturated carbocycles. The lowest BCUT2D eigenvalue weighted by Gasteiger charge is -2.14. The number of rotatable bonds is 6. The lowest BCUT2D eigenvalue weighted by Crippen LogP contribution is -2.32. The van der Waals surface area contributed by atoms with E-state index in [9.17, 15) is 4.79 Å². The number of carbonyl (C=O) groups is 1. The highest BCUT2D eigenvalue weighted by Crippen LogP contribution is 1.90. The molecule has 0 bridgehead atoms. The number of hydrogen-bond acceptors (Lipinski definition) is 3. The van der Waals surface area contributed by atoms with Crippen LogP contribution < -0.4 is 5.32 Å². The average molecular weight is 188 g/mol. The first kappa shape index (κ1) is 12.4. The van der Waals surface area contributed by atoms with Crippen LogP contribution in [0.1, 0.15) is 19.8 Å². The molecule has 0 aromatic heterocycles. The zero-order valence-electron chi connectivity index (χ0n) is 8.71. The fourth-order valence-electron chi connectivity index (χ4n) is 0.945. The Hall–Kier alpha value is -0.610. The van der Waals surface area contributed by atoms with Crippen molar-refractivity contribution in [1.29, 1.82) is 0 Å². The van der Waals surface area contributed by atoms with Gasteiger partial charge in [-0.3, -0.25) is 4.79 Å². The Morgan fingerprint density at radius 3 is 2.62 bits per heavy atom. The van der Waals surface area contributed by atoms with Gasteiger partial charge in [-0.1, -0.05) is 0 Å². The Bertz CT molecular complexity index is 149. The maximum atomic E-state index is 11.1. The van der Waals surface area contributed by atoms with Gasteiger partial charge in [-0.15, -0.1) is 0 Å². The topological polar surface area (TPSA) is 52.6 Å². The second kappa shape index (κ2) is 6.86. The summed E-state index contributed by atoms with van der Waals surface area (Å²) in [6.45, 7) is 2.87. The second-order valence-corrected chi connectivity index (χ2v) is 3.41. The molecule has 0 spiro atoms. The second-order valence-electron chi connectivity index (χ2n) is 3.41. The summed E-state index contributed by atoms with van der Waals surface area (Å²) in [5.74, 6) is 0.128. The predicted octanol–water partition coefficient (Wildman–Crippen LogP) is -0.175. The third-order valence-corrected chi connectivity index (χ3v) is 1.89. The minimum Gasteiger partial charge on any atom is -0.396 e. The van der Waals surface area contributed by atoms with Crippen LogP contribution in [0.25, 0.3) is 0 Å². The molecule has 1 unspecified atom stereocenters. The first-order valence-corrected chi connectivity index (χ1v) is 4.62. The monoisotopic (exact) mass is 188 g/mol. The molecule has 0 aromatic rings. The first-order chi connectivity index (χ1) is 6.07. The molecule has 0 aliphatic rings. The highest BCUT2D eigenvalue weighted by molar-refractivity contribution is 5.75. The Morgan fingerprint density at radius 1 is 1.54 bits per heavy atom. The van der Waals surface area contributed by atoms with Gasteiger partial charge in [0.15, 0.2) is 0 Å². The van der Waals surface area contributed by atoms with Gasteiger partial charge in [0.2, 0.25) is 5.91 Å². The van der Waals surface area contributed by atoms with Crippen LogP contribution in [0.5, 0.6) is 0 Å². The van der Waals surface area contributed by atoms with Gasteiger partial charge in [0, 0.05) is 39.7 Å². The fraction of sp³-hybridized carbons (Fsp3) is 0.889. The van der Waals surface area contributed by atoms with Crippen LogP contribution in [0.4, 0.5) is 0 Å².